The largest absolute Gasteiger partial charge is 0.463 e. The zero-order chi connectivity index (χ0) is 23.7. The molecule has 1 atom stereocenters. The van der Waals surface area contributed by atoms with E-state index in [4.69, 9.17) is 14.2 Å². The van der Waals surface area contributed by atoms with Gasteiger partial charge in [-0.2, -0.15) is 8.78 Å². The van der Waals surface area contributed by atoms with Crippen molar-refractivity contribution in [3.63, 3.8) is 0 Å². The molecule has 182 valence electrons. The van der Waals surface area contributed by atoms with E-state index in [-0.39, 0.29) is 5.56 Å². The zero-order valence-electron chi connectivity index (χ0n) is 19.5. The molecule has 7 heteroatoms. The number of aliphatic hydroxyl groups excluding tert-OH is 1. The maximum atomic E-state index is 14.0. The Bertz CT molecular complexity index is 861. The number of ether oxygens (including phenoxy) is 3. The van der Waals surface area contributed by atoms with Crippen LogP contribution in [-0.2, 0) is 22.0 Å². The Kier molecular flexibility index (Phi) is 9.20. The summed E-state index contributed by atoms with van der Waals surface area (Å²) < 4.78 is 44.7. The van der Waals surface area contributed by atoms with Crippen LogP contribution in [-0.4, -0.2) is 37.2 Å². The summed E-state index contributed by atoms with van der Waals surface area (Å²) in [5.41, 5.74) is 1.76. The van der Waals surface area contributed by atoms with Crippen molar-refractivity contribution < 1.29 is 28.1 Å². The van der Waals surface area contributed by atoms with Crippen molar-refractivity contribution in [2.45, 2.75) is 64.0 Å². The summed E-state index contributed by atoms with van der Waals surface area (Å²) in [6.07, 6.45) is 3.00. The van der Waals surface area contributed by atoms with Gasteiger partial charge in [-0.15, -0.1) is 0 Å². The van der Waals surface area contributed by atoms with Gasteiger partial charge < -0.3 is 24.6 Å². The molecule has 2 N–H and O–H groups in total. The fraction of sp³-hybridized carbons (Fsp3) is 0.538. The van der Waals surface area contributed by atoms with Gasteiger partial charge in [0.25, 0.3) is 5.92 Å². The van der Waals surface area contributed by atoms with E-state index in [1.54, 1.807) is 18.2 Å². The van der Waals surface area contributed by atoms with Crippen molar-refractivity contribution in [2.75, 3.05) is 26.3 Å². The van der Waals surface area contributed by atoms with Crippen molar-refractivity contribution >= 4 is 0 Å². The second kappa shape index (κ2) is 11.9. The molecule has 3 rings (SSSR count). The number of rotatable bonds is 13. The monoisotopic (exact) mass is 463 g/mol. The third-order valence-electron chi connectivity index (χ3n) is 5.61. The van der Waals surface area contributed by atoms with E-state index in [1.807, 2.05) is 32.0 Å². The minimum absolute atomic E-state index is 0.0146. The van der Waals surface area contributed by atoms with Crippen LogP contribution in [0.4, 0.5) is 8.78 Å². The van der Waals surface area contributed by atoms with E-state index in [2.05, 4.69) is 5.32 Å². The average Bonchev–Trinajstić information content (AvgIpc) is 2.79. The Morgan fingerprint density at radius 3 is 2.64 bits per heavy atom. The predicted molar refractivity (Wildman–Crippen MR) is 123 cm³/mol. The molecule has 33 heavy (non-hydrogen) atoms. The number of fused-ring (bicyclic) bond motifs is 1. The van der Waals surface area contributed by atoms with E-state index < -0.39 is 24.4 Å². The van der Waals surface area contributed by atoms with E-state index in [0.29, 0.717) is 19.8 Å². The maximum Gasteiger partial charge on any atom is 0.296 e. The van der Waals surface area contributed by atoms with E-state index in [1.165, 1.54) is 12.1 Å². The number of hydrogen-bond acceptors (Lipinski definition) is 5. The third-order valence-corrected chi connectivity index (χ3v) is 5.61. The average molecular weight is 464 g/mol. The molecule has 1 heterocycles. The number of unbranched alkanes of at least 4 members (excludes halogenated alkanes) is 3. The first-order chi connectivity index (χ1) is 15.8. The molecule has 2 aromatic rings. The van der Waals surface area contributed by atoms with Gasteiger partial charge in [0.2, 0.25) is 5.79 Å². The molecular formula is C26H35F2NO4. The zero-order valence-corrected chi connectivity index (χ0v) is 19.5. The first-order valence-corrected chi connectivity index (χ1v) is 11.6. The van der Waals surface area contributed by atoms with Crippen LogP contribution >= 0.6 is 0 Å². The first kappa shape index (κ1) is 25.6. The highest BCUT2D eigenvalue weighted by Gasteiger charge is 2.31. The predicted octanol–water partition coefficient (Wildman–Crippen LogP) is 5.32. The van der Waals surface area contributed by atoms with Gasteiger partial charge in [0, 0.05) is 38.1 Å². The number of benzene rings is 2. The van der Waals surface area contributed by atoms with Crippen molar-refractivity contribution in [3.8, 4) is 5.75 Å². The maximum absolute atomic E-state index is 14.0. The van der Waals surface area contributed by atoms with Crippen molar-refractivity contribution in [3.05, 3.63) is 65.2 Å². The van der Waals surface area contributed by atoms with E-state index in [0.717, 1.165) is 49.1 Å². The SMILES string of the molecule is CC1(C)OCc2cc([C@@H](O)CNCCCCCCOCC(F)(F)c3ccccc3)ccc2O1. The fourth-order valence-electron chi connectivity index (χ4n) is 3.69. The Morgan fingerprint density at radius 2 is 1.85 bits per heavy atom. The summed E-state index contributed by atoms with van der Waals surface area (Å²) in [6.45, 7) is 5.20. The summed E-state index contributed by atoms with van der Waals surface area (Å²) in [5.74, 6) is -2.79. The summed E-state index contributed by atoms with van der Waals surface area (Å²) in [5, 5.41) is 13.7. The Balaban J connectivity index is 1.23. The lowest BCUT2D eigenvalue weighted by Crippen LogP contribution is -2.35. The number of aliphatic hydroxyl groups is 1. The van der Waals surface area contributed by atoms with Gasteiger partial charge in [-0.05, 0) is 37.1 Å². The molecule has 1 aliphatic rings. The Labute approximate surface area is 195 Å². The third kappa shape index (κ3) is 8.03. The van der Waals surface area contributed by atoms with Crippen LogP contribution in [0.5, 0.6) is 5.75 Å². The molecule has 0 unspecified atom stereocenters. The minimum Gasteiger partial charge on any atom is -0.463 e. The number of alkyl halides is 2. The standard InChI is InChI=1S/C26H35F2NO4/c1-25(2)32-18-21-16-20(12-13-24(21)33-25)23(30)17-29-14-8-3-4-9-15-31-19-26(27,28)22-10-6-5-7-11-22/h5-7,10-13,16,23,29-30H,3-4,8-9,14-15,17-19H2,1-2H3/t23-/m0/s1. The van der Waals surface area contributed by atoms with Crippen LogP contribution in [0.15, 0.2) is 48.5 Å². The number of nitrogens with one attached hydrogen (secondary N) is 1. The summed E-state index contributed by atoms with van der Waals surface area (Å²) >= 11 is 0. The number of hydrogen-bond donors (Lipinski definition) is 2. The Morgan fingerprint density at radius 1 is 1.09 bits per heavy atom. The molecular weight excluding hydrogens is 428 g/mol. The highest BCUT2D eigenvalue weighted by atomic mass is 19.3. The molecule has 0 spiro atoms. The van der Waals surface area contributed by atoms with Crippen LogP contribution in [0.1, 0.15) is 62.3 Å². The van der Waals surface area contributed by atoms with Crippen molar-refractivity contribution in [1.29, 1.82) is 0 Å². The van der Waals surface area contributed by atoms with Gasteiger partial charge in [-0.1, -0.05) is 49.2 Å². The lowest BCUT2D eigenvalue weighted by atomic mass is 10.0. The highest BCUT2D eigenvalue weighted by Crippen LogP contribution is 2.33. The van der Waals surface area contributed by atoms with Crippen LogP contribution in [0.25, 0.3) is 0 Å². The lowest BCUT2D eigenvalue weighted by molar-refractivity contribution is -0.180. The highest BCUT2D eigenvalue weighted by molar-refractivity contribution is 5.39. The molecule has 1 aliphatic heterocycles. The molecule has 0 fully saturated rings. The second-order valence-electron chi connectivity index (χ2n) is 8.91. The van der Waals surface area contributed by atoms with Gasteiger partial charge in [0.1, 0.15) is 12.4 Å². The van der Waals surface area contributed by atoms with Crippen LogP contribution in [0.2, 0.25) is 0 Å². The Hall–Kier alpha value is -2.06. The van der Waals surface area contributed by atoms with Gasteiger partial charge >= 0.3 is 0 Å². The van der Waals surface area contributed by atoms with E-state index >= 15 is 0 Å². The summed E-state index contributed by atoms with van der Waals surface area (Å²) in [6, 6.07) is 13.5. The van der Waals surface area contributed by atoms with Gasteiger partial charge in [-0.25, -0.2) is 0 Å². The van der Waals surface area contributed by atoms with Crippen LogP contribution in [0.3, 0.4) is 0 Å². The lowest BCUT2D eigenvalue weighted by Gasteiger charge is -2.33. The van der Waals surface area contributed by atoms with Gasteiger partial charge in [0.05, 0.1) is 12.7 Å². The summed E-state index contributed by atoms with van der Waals surface area (Å²) in [7, 11) is 0. The van der Waals surface area contributed by atoms with Crippen molar-refractivity contribution in [2.24, 2.45) is 0 Å². The molecule has 0 aliphatic carbocycles. The second-order valence-corrected chi connectivity index (χ2v) is 8.91. The smallest absolute Gasteiger partial charge is 0.296 e. The normalized spacial score (nSPS) is 16.2. The van der Waals surface area contributed by atoms with Gasteiger partial charge in [-0.3, -0.25) is 0 Å². The fourth-order valence-corrected chi connectivity index (χ4v) is 3.69. The first-order valence-electron chi connectivity index (χ1n) is 11.6. The molecule has 2 aromatic carbocycles. The summed E-state index contributed by atoms with van der Waals surface area (Å²) in [4.78, 5) is 0. The number of halogens is 2. The van der Waals surface area contributed by atoms with Crippen LogP contribution < -0.4 is 10.1 Å². The van der Waals surface area contributed by atoms with E-state index in [9.17, 15) is 13.9 Å². The molecule has 0 radical (unpaired) electrons. The van der Waals surface area contributed by atoms with Crippen molar-refractivity contribution in [1.82, 2.24) is 5.32 Å². The molecule has 0 amide bonds. The van der Waals surface area contributed by atoms with Gasteiger partial charge in [0.15, 0.2) is 0 Å². The van der Waals surface area contributed by atoms with Crippen LogP contribution in [0, 0.1) is 0 Å². The molecule has 0 saturated heterocycles. The quantitative estimate of drug-likeness (QED) is 0.394. The molecule has 0 aromatic heterocycles. The molecule has 5 nitrogen and oxygen atoms in total. The molecule has 0 saturated carbocycles. The topological polar surface area (TPSA) is 60.0 Å². The minimum atomic E-state index is -2.96. The molecule has 0 bridgehead atoms.